The van der Waals surface area contributed by atoms with Crippen molar-refractivity contribution in [1.82, 2.24) is 9.62 Å². The van der Waals surface area contributed by atoms with Crippen LogP contribution in [0.1, 0.15) is 45.6 Å². The fraction of sp³-hybridized carbons (Fsp3) is 0.625. The summed E-state index contributed by atoms with van der Waals surface area (Å²) in [6.45, 7) is 7.69. The van der Waals surface area contributed by atoms with Gasteiger partial charge < -0.3 is 5.32 Å². The minimum absolute atomic E-state index is 0.0948. The topological polar surface area (TPSA) is 49.4 Å². The molecule has 0 aromatic heterocycles. The Kier molecular flexibility index (Phi) is 5.41. The Labute approximate surface area is 128 Å². The predicted octanol–water partition coefficient (Wildman–Crippen LogP) is 2.75. The van der Waals surface area contributed by atoms with Gasteiger partial charge in [0.2, 0.25) is 10.0 Å². The third kappa shape index (κ3) is 3.47. The van der Waals surface area contributed by atoms with Crippen LogP contribution in [0.5, 0.6) is 0 Å². The Balaban J connectivity index is 2.30. The zero-order chi connectivity index (χ0) is 15.5. The number of nitrogens with zero attached hydrogens (tertiary/aromatic N) is 1. The van der Waals surface area contributed by atoms with Crippen LogP contribution in [0.2, 0.25) is 0 Å². The van der Waals surface area contributed by atoms with Crippen molar-refractivity contribution in [2.24, 2.45) is 0 Å². The highest BCUT2D eigenvalue weighted by molar-refractivity contribution is 7.89. The number of hydrogen-bond donors (Lipinski definition) is 1. The molecule has 2 rings (SSSR count). The number of hydrogen-bond acceptors (Lipinski definition) is 3. The Hall–Kier alpha value is -0.910. The predicted molar refractivity (Wildman–Crippen MR) is 85.6 cm³/mol. The molecule has 1 saturated heterocycles. The molecule has 118 valence electrons. The summed E-state index contributed by atoms with van der Waals surface area (Å²) in [7, 11) is -3.39. The van der Waals surface area contributed by atoms with E-state index in [-0.39, 0.29) is 12.1 Å². The minimum atomic E-state index is -3.39. The van der Waals surface area contributed by atoms with Crippen molar-refractivity contribution in [3.8, 4) is 0 Å². The van der Waals surface area contributed by atoms with Crippen LogP contribution in [-0.4, -0.2) is 31.4 Å². The van der Waals surface area contributed by atoms with E-state index in [4.69, 9.17) is 0 Å². The zero-order valence-electron chi connectivity index (χ0n) is 13.2. The fourth-order valence-electron chi connectivity index (χ4n) is 3.07. The molecule has 21 heavy (non-hydrogen) atoms. The molecule has 1 N–H and O–H groups in total. The molecule has 0 amide bonds. The largest absolute Gasteiger partial charge is 0.313 e. The molecule has 1 aromatic rings. The Morgan fingerprint density at radius 1 is 1.29 bits per heavy atom. The van der Waals surface area contributed by atoms with E-state index in [9.17, 15) is 8.42 Å². The van der Waals surface area contributed by atoms with Gasteiger partial charge in [-0.15, -0.1) is 0 Å². The van der Waals surface area contributed by atoms with Crippen LogP contribution in [0.15, 0.2) is 29.2 Å². The molecule has 0 saturated carbocycles. The molecule has 1 aliphatic heterocycles. The van der Waals surface area contributed by atoms with E-state index in [1.54, 1.807) is 16.4 Å². The van der Waals surface area contributed by atoms with Gasteiger partial charge in [0.15, 0.2) is 0 Å². The van der Waals surface area contributed by atoms with Gasteiger partial charge in [-0.3, -0.25) is 0 Å². The maximum Gasteiger partial charge on any atom is 0.243 e. The second-order valence-corrected chi connectivity index (χ2v) is 7.59. The quantitative estimate of drug-likeness (QED) is 0.879. The molecule has 1 heterocycles. The maximum absolute atomic E-state index is 12.9. The summed E-state index contributed by atoms with van der Waals surface area (Å²) in [6.07, 6.45) is 2.80. The van der Waals surface area contributed by atoms with Gasteiger partial charge in [0.1, 0.15) is 0 Å². The van der Waals surface area contributed by atoms with Crippen LogP contribution >= 0.6 is 0 Å². The van der Waals surface area contributed by atoms with Crippen molar-refractivity contribution in [2.75, 3.05) is 6.54 Å². The maximum atomic E-state index is 12.9. The first-order valence-electron chi connectivity index (χ1n) is 7.83. The highest BCUT2D eigenvalue weighted by Crippen LogP contribution is 2.32. The molecule has 5 heteroatoms. The van der Waals surface area contributed by atoms with Crippen molar-refractivity contribution in [1.29, 1.82) is 0 Å². The highest BCUT2D eigenvalue weighted by Gasteiger charge is 2.39. The Morgan fingerprint density at radius 3 is 2.71 bits per heavy atom. The molecule has 1 aliphatic rings. The lowest BCUT2D eigenvalue weighted by molar-refractivity contribution is 0.328. The molecule has 2 unspecified atom stereocenters. The molecule has 0 bridgehead atoms. The lowest BCUT2D eigenvalue weighted by atomic mass is 10.2. The van der Waals surface area contributed by atoms with Crippen molar-refractivity contribution in [3.63, 3.8) is 0 Å². The summed E-state index contributed by atoms with van der Waals surface area (Å²) < 4.78 is 27.6. The molecule has 2 atom stereocenters. The standard InChI is InChI=1S/C16H26N2O2S/c1-4-15-10-9-13(3)18(15)21(19,20)16-8-6-7-14(11-16)12-17-5-2/h6-8,11,13,15,17H,4-5,9-10,12H2,1-3H3. The van der Waals surface area contributed by atoms with Crippen LogP contribution in [0.4, 0.5) is 0 Å². The van der Waals surface area contributed by atoms with E-state index < -0.39 is 10.0 Å². The summed E-state index contributed by atoms with van der Waals surface area (Å²) in [4.78, 5) is 0.421. The van der Waals surface area contributed by atoms with E-state index in [0.717, 1.165) is 31.4 Å². The first-order chi connectivity index (χ1) is 10.0. The van der Waals surface area contributed by atoms with Crippen molar-refractivity contribution >= 4 is 10.0 Å². The molecular weight excluding hydrogens is 284 g/mol. The van der Waals surface area contributed by atoms with Crippen molar-refractivity contribution in [2.45, 2.75) is 63.6 Å². The van der Waals surface area contributed by atoms with Crippen LogP contribution in [0.3, 0.4) is 0 Å². The highest BCUT2D eigenvalue weighted by atomic mass is 32.2. The lowest BCUT2D eigenvalue weighted by Gasteiger charge is -2.27. The molecule has 1 fully saturated rings. The first kappa shape index (κ1) is 16.5. The van der Waals surface area contributed by atoms with Crippen LogP contribution in [-0.2, 0) is 16.6 Å². The number of rotatable bonds is 6. The van der Waals surface area contributed by atoms with Gasteiger partial charge in [-0.2, -0.15) is 4.31 Å². The summed E-state index contributed by atoms with van der Waals surface area (Å²) in [5.74, 6) is 0. The van der Waals surface area contributed by atoms with Gasteiger partial charge >= 0.3 is 0 Å². The van der Waals surface area contributed by atoms with E-state index in [0.29, 0.717) is 11.4 Å². The molecule has 0 spiro atoms. The van der Waals surface area contributed by atoms with Gasteiger partial charge in [0.05, 0.1) is 4.90 Å². The van der Waals surface area contributed by atoms with E-state index in [2.05, 4.69) is 12.2 Å². The molecular formula is C16H26N2O2S. The van der Waals surface area contributed by atoms with Crippen LogP contribution in [0, 0.1) is 0 Å². The molecule has 1 aromatic carbocycles. The molecule has 0 aliphatic carbocycles. The third-order valence-electron chi connectivity index (χ3n) is 4.24. The second kappa shape index (κ2) is 6.90. The average molecular weight is 310 g/mol. The summed E-state index contributed by atoms with van der Waals surface area (Å²) in [5, 5.41) is 3.23. The third-order valence-corrected chi connectivity index (χ3v) is 6.30. The normalized spacial score (nSPS) is 23.6. The minimum Gasteiger partial charge on any atom is -0.313 e. The Bertz CT molecular complexity index is 571. The van der Waals surface area contributed by atoms with E-state index >= 15 is 0 Å². The molecule has 4 nitrogen and oxygen atoms in total. The van der Waals surface area contributed by atoms with Crippen LogP contribution in [0.25, 0.3) is 0 Å². The van der Waals surface area contributed by atoms with Crippen LogP contribution < -0.4 is 5.32 Å². The van der Waals surface area contributed by atoms with Gasteiger partial charge in [-0.05, 0) is 50.4 Å². The molecule has 0 radical (unpaired) electrons. The SMILES string of the molecule is CCNCc1cccc(S(=O)(=O)N2C(C)CCC2CC)c1. The summed E-state index contributed by atoms with van der Waals surface area (Å²) in [6, 6.07) is 7.55. The van der Waals surface area contributed by atoms with Gasteiger partial charge in [0, 0.05) is 18.6 Å². The average Bonchev–Trinajstić information content (AvgIpc) is 2.87. The van der Waals surface area contributed by atoms with Gasteiger partial charge in [0.25, 0.3) is 0 Å². The number of sulfonamides is 1. The van der Waals surface area contributed by atoms with Crippen molar-refractivity contribution < 1.29 is 8.42 Å². The summed E-state index contributed by atoms with van der Waals surface area (Å²) >= 11 is 0. The van der Waals surface area contributed by atoms with Gasteiger partial charge in [-0.25, -0.2) is 8.42 Å². The van der Waals surface area contributed by atoms with E-state index in [1.165, 1.54) is 0 Å². The summed E-state index contributed by atoms with van der Waals surface area (Å²) in [5.41, 5.74) is 1.01. The van der Waals surface area contributed by atoms with E-state index in [1.807, 2.05) is 26.0 Å². The lowest BCUT2D eigenvalue weighted by Crippen LogP contribution is -2.39. The monoisotopic (exact) mass is 310 g/mol. The smallest absolute Gasteiger partial charge is 0.243 e. The second-order valence-electron chi connectivity index (χ2n) is 5.75. The number of benzene rings is 1. The van der Waals surface area contributed by atoms with Gasteiger partial charge in [-0.1, -0.05) is 26.0 Å². The van der Waals surface area contributed by atoms with Crippen molar-refractivity contribution in [3.05, 3.63) is 29.8 Å². The zero-order valence-corrected chi connectivity index (χ0v) is 14.0. The first-order valence-corrected chi connectivity index (χ1v) is 9.27. The Morgan fingerprint density at radius 2 is 2.05 bits per heavy atom. The number of nitrogens with one attached hydrogen (secondary N) is 1. The fourth-order valence-corrected chi connectivity index (χ4v) is 5.09.